The van der Waals surface area contributed by atoms with E-state index >= 15 is 0 Å². The molecule has 0 aromatic heterocycles. The quantitative estimate of drug-likeness (QED) is 0.871. The number of benzene rings is 1. The van der Waals surface area contributed by atoms with Crippen LogP contribution < -0.4 is 14.8 Å². The molecule has 1 heterocycles. The minimum Gasteiger partial charge on any atom is -0.493 e. The molecule has 1 aliphatic heterocycles. The van der Waals surface area contributed by atoms with Crippen LogP contribution in [0.4, 0.5) is 10.5 Å². The van der Waals surface area contributed by atoms with Crippen molar-refractivity contribution < 1.29 is 19.1 Å². The number of carbonyl (C=O) groups excluding carboxylic acids is 2. The molecule has 0 atom stereocenters. The summed E-state index contributed by atoms with van der Waals surface area (Å²) >= 11 is 1.30. The maximum Gasteiger partial charge on any atom is 0.281 e. The zero-order valence-corrected chi connectivity index (χ0v) is 13.8. The molecule has 1 aliphatic rings. The van der Waals surface area contributed by atoms with Crippen LogP contribution in [0.1, 0.15) is 12.0 Å². The molecule has 0 bridgehead atoms. The van der Waals surface area contributed by atoms with Crippen LogP contribution in [0.15, 0.2) is 12.1 Å². The number of nitrogens with zero attached hydrogens (tertiary/aromatic N) is 1. The number of ether oxygens (including phenoxy) is 2. The SMILES string of the molecule is COc1cc(C)c(NC(=O)CCN2CCSC2=O)cc1OC. The minimum absolute atomic E-state index is 0.0510. The van der Waals surface area contributed by atoms with Crippen LogP contribution in [0.2, 0.25) is 0 Å². The molecular formula is C15H20N2O4S. The highest BCUT2D eigenvalue weighted by atomic mass is 32.2. The summed E-state index contributed by atoms with van der Waals surface area (Å²) in [7, 11) is 3.12. The Hall–Kier alpha value is -1.89. The molecule has 1 N–H and O–H groups in total. The van der Waals surface area contributed by atoms with Gasteiger partial charge in [-0.15, -0.1) is 0 Å². The van der Waals surface area contributed by atoms with E-state index in [-0.39, 0.29) is 17.6 Å². The second kappa shape index (κ2) is 7.40. The highest BCUT2D eigenvalue weighted by molar-refractivity contribution is 8.13. The monoisotopic (exact) mass is 324 g/mol. The Balaban J connectivity index is 1.97. The number of methoxy groups -OCH3 is 2. The third kappa shape index (κ3) is 3.85. The van der Waals surface area contributed by atoms with Crippen molar-refractivity contribution in [2.24, 2.45) is 0 Å². The van der Waals surface area contributed by atoms with Crippen molar-refractivity contribution in [1.29, 1.82) is 0 Å². The van der Waals surface area contributed by atoms with E-state index in [1.165, 1.54) is 11.8 Å². The summed E-state index contributed by atoms with van der Waals surface area (Å²) in [6.45, 7) is 3.05. The number of anilines is 1. The van der Waals surface area contributed by atoms with Gasteiger partial charge in [0, 0.05) is 37.0 Å². The van der Waals surface area contributed by atoms with Gasteiger partial charge in [0.1, 0.15) is 0 Å². The van der Waals surface area contributed by atoms with E-state index in [9.17, 15) is 9.59 Å². The summed E-state index contributed by atoms with van der Waals surface area (Å²) in [4.78, 5) is 25.2. The Morgan fingerprint density at radius 2 is 2.00 bits per heavy atom. The number of hydrogen-bond donors (Lipinski definition) is 1. The lowest BCUT2D eigenvalue weighted by molar-refractivity contribution is -0.116. The number of hydrogen-bond acceptors (Lipinski definition) is 5. The number of rotatable bonds is 6. The first-order valence-corrected chi connectivity index (χ1v) is 7.98. The van der Waals surface area contributed by atoms with Gasteiger partial charge in [0.15, 0.2) is 11.5 Å². The van der Waals surface area contributed by atoms with Gasteiger partial charge in [-0.3, -0.25) is 9.59 Å². The zero-order valence-electron chi connectivity index (χ0n) is 13.0. The second-order valence-corrected chi connectivity index (χ2v) is 5.97. The fraction of sp³-hybridized carbons (Fsp3) is 0.467. The summed E-state index contributed by atoms with van der Waals surface area (Å²) in [6.07, 6.45) is 0.278. The maximum atomic E-state index is 12.1. The van der Waals surface area contributed by atoms with Gasteiger partial charge >= 0.3 is 0 Å². The molecule has 0 unspecified atom stereocenters. The van der Waals surface area contributed by atoms with Gasteiger partial charge in [0.05, 0.1) is 14.2 Å². The van der Waals surface area contributed by atoms with Crippen molar-refractivity contribution in [2.45, 2.75) is 13.3 Å². The third-order valence-electron chi connectivity index (χ3n) is 3.46. The van der Waals surface area contributed by atoms with E-state index in [0.29, 0.717) is 30.3 Å². The molecule has 6 nitrogen and oxygen atoms in total. The number of thioether (sulfide) groups is 1. The first-order valence-electron chi connectivity index (χ1n) is 6.99. The molecule has 7 heteroatoms. The predicted octanol–water partition coefficient (Wildman–Crippen LogP) is 2.51. The average Bonchev–Trinajstić information content (AvgIpc) is 2.92. The molecule has 0 radical (unpaired) electrons. The van der Waals surface area contributed by atoms with E-state index in [2.05, 4.69) is 5.32 Å². The van der Waals surface area contributed by atoms with Crippen LogP contribution in [0.25, 0.3) is 0 Å². The largest absolute Gasteiger partial charge is 0.493 e. The molecule has 1 aromatic rings. The van der Waals surface area contributed by atoms with E-state index in [1.54, 1.807) is 25.2 Å². The van der Waals surface area contributed by atoms with E-state index < -0.39 is 0 Å². The Morgan fingerprint density at radius 1 is 1.32 bits per heavy atom. The smallest absolute Gasteiger partial charge is 0.281 e. The molecule has 22 heavy (non-hydrogen) atoms. The molecule has 120 valence electrons. The van der Waals surface area contributed by atoms with Crippen LogP contribution in [-0.4, -0.2) is 49.1 Å². The molecule has 1 saturated heterocycles. The number of nitrogens with one attached hydrogen (secondary N) is 1. The fourth-order valence-corrected chi connectivity index (χ4v) is 3.04. The number of aryl methyl sites for hydroxylation is 1. The van der Waals surface area contributed by atoms with Crippen molar-refractivity contribution >= 4 is 28.6 Å². The van der Waals surface area contributed by atoms with Gasteiger partial charge in [0.2, 0.25) is 5.91 Å². The fourth-order valence-electron chi connectivity index (χ4n) is 2.19. The predicted molar refractivity (Wildman–Crippen MR) is 87.0 cm³/mol. The lowest BCUT2D eigenvalue weighted by Crippen LogP contribution is -2.27. The van der Waals surface area contributed by atoms with Gasteiger partial charge in [-0.25, -0.2) is 0 Å². The highest BCUT2D eigenvalue weighted by Gasteiger charge is 2.21. The van der Waals surface area contributed by atoms with E-state index in [0.717, 1.165) is 11.3 Å². The lowest BCUT2D eigenvalue weighted by atomic mass is 10.1. The molecule has 0 spiro atoms. The van der Waals surface area contributed by atoms with Crippen molar-refractivity contribution in [3.63, 3.8) is 0 Å². The van der Waals surface area contributed by atoms with Gasteiger partial charge in [-0.05, 0) is 18.6 Å². The molecule has 1 aromatic carbocycles. The van der Waals surface area contributed by atoms with E-state index in [4.69, 9.17) is 9.47 Å². The molecule has 1 fully saturated rings. The van der Waals surface area contributed by atoms with Gasteiger partial charge in [-0.2, -0.15) is 0 Å². The van der Waals surface area contributed by atoms with E-state index in [1.807, 2.05) is 13.0 Å². The first kappa shape index (κ1) is 16.5. The van der Waals surface area contributed by atoms with Crippen molar-refractivity contribution in [2.75, 3.05) is 38.4 Å². The van der Waals surface area contributed by atoms with Crippen LogP contribution in [0.3, 0.4) is 0 Å². The molecule has 2 amide bonds. The maximum absolute atomic E-state index is 12.1. The summed E-state index contributed by atoms with van der Waals surface area (Å²) in [5.41, 5.74) is 1.57. The lowest BCUT2D eigenvalue weighted by Gasteiger charge is -2.16. The first-order chi connectivity index (χ1) is 10.5. The van der Waals surface area contributed by atoms with Gasteiger partial charge in [-0.1, -0.05) is 11.8 Å². The third-order valence-corrected chi connectivity index (χ3v) is 4.35. The van der Waals surface area contributed by atoms with Crippen LogP contribution in [0.5, 0.6) is 11.5 Å². The van der Waals surface area contributed by atoms with Crippen molar-refractivity contribution in [3.8, 4) is 11.5 Å². The zero-order chi connectivity index (χ0) is 16.1. The molecule has 0 saturated carbocycles. The van der Waals surface area contributed by atoms with Gasteiger partial charge in [0.25, 0.3) is 5.24 Å². The normalized spacial score (nSPS) is 14.1. The summed E-state index contributed by atoms with van der Waals surface area (Å²) in [6, 6.07) is 3.55. The molecule has 2 rings (SSSR count). The summed E-state index contributed by atoms with van der Waals surface area (Å²) < 4.78 is 10.5. The second-order valence-electron chi connectivity index (χ2n) is 4.92. The summed E-state index contributed by atoms with van der Waals surface area (Å²) in [5, 5.41) is 2.91. The number of amides is 2. The van der Waals surface area contributed by atoms with Crippen LogP contribution in [-0.2, 0) is 4.79 Å². The minimum atomic E-state index is -0.125. The van der Waals surface area contributed by atoms with Crippen LogP contribution >= 0.6 is 11.8 Å². The number of carbonyl (C=O) groups is 2. The Labute approximate surface area is 134 Å². The van der Waals surface area contributed by atoms with Crippen molar-refractivity contribution in [1.82, 2.24) is 4.90 Å². The molecule has 0 aliphatic carbocycles. The highest BCUT2D eigenvalue weighted by Crippen LogP contribution is 2.32. The molecular weight excluding hydrogens is 304 g/mol. The topological polar surface area (TPSA) is 67.9 Å². The average molecular weight is 324 g/mol. The Bertz CT molecular complexity index is 577. The standard InChI is InChI=1S/C15H20N2O4S/c1-10-8-12(20-2)13(21-3)9-11(10)16-14(18)4-5-17-6-7-22-15(17)19/h8-9H,4-7H2,1-3H3,(H,16,18). The van der Waals surface area contributed by atoms with Gasteiger partial charge < -0.3 is 19.7 Å². The van der Waals surface area contributed by atoms with Crippen molar-refractivity contribution in [3.05, 3.63) is 17.7 Å². The Morgan fingerprint density at radius 3 is 2.59 bits per heavy atom. The summed E-state index contributed by atoms with van der Waals surface area (Å²) in [5.74, 6) is 1.86. The Kier molecular flexibility index (Phi) is 5.54. The van der Waals surface area contributed by atoms with Crippen LogP contribution in [0, 0.1) is 6.92 Å².